The molecular formula is C11H19NS. The molecule has 13 heavy (non-hydrogen) atoms. The maximum Gasteiger partial charge on any atom is 0.0573 e. The second-order valence-electron chi connectivity index (χ2n) is 3.55. The summed E-state index contributed by atoms with van der Waals surface area (Å²) in [6, 6.07) is 2.18. The van der Waals surface area contributed by atoms with Crippen LogP contribution in [0, 0.1) is 0 Å². The molecule has 1 aromatic rings. The molecule has 0 aliphatic carbocycles. The van der Waals surface area contributed by atoms with Gasteiger partial charge in [0.25, 0.3) is 0 Å². The van der Waals surface area contributed by atoms with Crippen LogP contribution in [0.4, 0.5) is 0 Å². The maximum atomic E-state index is 4.43. The summed E-state index contributed by atoms with van der Waals surface area (Å²) in [5, 5.41) is 2.09. The van der Waals surface area contributed by atoms with Gasteiger partial charge in [-0.2, -0.15) is 4.37 Å². The van der Waals surface area contributed by atoms with Crippen LogP contribution in [-0.2, 0) is 0 Å². The average Bonchev–Trinajstić information content (AvgIpc) is 2.65. The van der Waals surface area contributed by atoms with Crippen LogP contribution in [-0.4, -0.2) is 4.37 Å². The Hall–Kier alpha value is -0.370. The van der Waals surface area contributed by atoms with Crippen LogP contribution >= 0.6 is 11.5 Å². The highest BCUT2D eigenvalue weighted by Crippen LogP contribution is 2.26. The van der Waals surface area contributed by atoms with Crippen molar-refractivity contribution in [2.45, 2.75) is 51.9 Å². The topological polar surface area (TPSA) is 12.9 Å². The Bertz CT molecular complexity index is 206. The lowest BCUT2D eigenvalue weighted by atomic mass is 9.94. The van der Waals surface area contributed by atoms with E-state index in [4.69, 9.17) is 0 Å². The number of hydrogen-bond acceptors (Lipinski definition) is 2. The van der Waals surface area contributed by atoms with E-state index in [-0.39, 0.29) is 0 Å². The van der Waals surface area contributed by atoms with Crippen LogP contribution in [0.3, 0.4) is 0 Å². The summed E-state index contributed by atoms with van der Waals surface area (Å²) in [5.41, 5.74) is 1.32. The van der Waals surface area contributed by atoms with Crippen LogP contribution in [0.1, 0.15) is 57.6 Å². The summed E-state index contributed by atoms with van der Waals surface area (Å²) in [6.07, 6.45) is 6.51. The van der Waals surface area contributed by atoms with Crippen molar-refractivity contribution in [1.82, 2.24) is 4.37 Å². The Morgan fingerprint density at radius 3 is 2.69 bits per heavy atom. The summed E-state index contributed by atoms with van der Waals surface area (Å²) in [7, 11) is 0. The highest BCUT2D eigenvalue weighted by atomic mass is 32.1. The van der Waals surface area contributed by atoms with Crippen molar-refractivity contribution in [1.29, 1.82) is 0 Å². The predicted octanol–water partition coefficient (Wildman–Crippen LogP) is 4.22. The van der Waals surface area contributed by atoms with Crippen LogP contribution in [0.15, 0.2) is 11.4 Å². The Morgan fingerprint density at radius 2 is 2.15 bits per heavy atom. The molecule has 74 valence electrons. The van der Waals surface area contributed by atoms with Gasteiger partial charge in [0.2, 0.25) is 0 Å². The molecule has 1 rings (SSSR count). The maximum absolute atomic E-state index is 4.43. The second kappa shape index (κ2) is 6.14. The van der Waals surface area contributed by atoms with Gasteiger partial charge in [0.15, 0.2) is 0 Å². The third kappa shape index (κ3) is 3.47. The molecule has 2 heteroatoms. The monoisotopic (exact) mass is 197 g/mol. The Morgan fingerprint density at radius 1 is 1.31 bits per heavy atom. The normalized spacial score (nSPS) is 13.1. The predicted molar refractivity (Wildman–Crippen MR) is 59.3 cm³/mol. The van der Waals surface area contributed by atoms with Crippen molar-refractivity contribution >= 4 is 11.5 Å². The minimum atomic E-state index is 0.719. The van der Waals surface area contributed by atoms with Crippen molar-refractivity contribution in [3.63, 3.8) is 0 Å². The van der Waals surface area contributed by atoms with E-state index in [1.165, 1.54) is 37.8 Å². The molecule has 0 aliphatic heterocycles. The minimum Gasteiger partial charge on any atom is -0.197 e. The van der Waals surface area contributed by atoms with Crippen molar-refractivity contribution in [2.24, 2.45) is 0 Å². The van der Waals surface area contributed by atoms with Gasteiger partial charge in [-0.05, 0) is 30.4 Å². The molecule has 0 fully saturated rings. The van der Waals surface area contributed by atoms with E-state index >= 15 is 0 Å². The third-order valence-corrected chi connectivity index (χ3v) is 2.99. The zero-order valence-electron chi connectivity index (χ0n) is 8.62. The Balaban J connectivity index is 2.47. The third-order valence-electron chi connectivity index (χ3n) is 2.42. The molecule has 0 bridgehead atoms. The zero-order valence-corrected chi connectivity index (χ0v) is 9.44. The van der Waals surface area contributed by atoms with Crippen molar-refractivity contribution in [3.8, 4) is 0 Å². The number of nitrogens with zero attached hydrogens (tertiary/aromatic N) is 1. The van der Waals surface area contributed by atoms with Crippen LogP contribution in [0.2, 0.25) is 0 Å². The van der Waals surface area contributed by atoms with E-state index in [9.17, 15) is 0 Å². The van der Waals surface area contributed by atoms with E-state index in [2.05, 4.69) is 29.7 Å². The van der Waals surface area contributed by atoms with Gasteiger partial charge in [-0.3, -0.25) is 0 Å². The molecule has 1 atom stereocenters. The Kier molecular flexibility index (Phi) is 5.06. The van der Waals surface area contributed by atoms with Gasteiger partial charge < -0.3 is 0 Å². The lowest BCUT2D eigenvalue weighted by molar-refractivity contribution is 0.534. The molecule has 0 aliphatic rings. The van der Waals surface area contributed by atoms with Gasteiger partial charge in [-0.15, -0.1) is 0 Å². The second-order valence-corrected chi connectivity index (χ2v) is 4.22. The lowest BCUT2D eigenvalue weighted by Gasteiger charge is -2.12. The quantitative estimate of drug-likeness (QED) is 0.665. The highest BCUT2D eigenvalue weighted by molar-refractivity contribution is 7.03. The SMILES string of the molecule is CCCCC(CCC)c1ccsn1. The summed E-state index contributed by atoms with van der Waals surface area (Å²) in [5.74, 6) is 0.719. The van der Waals surface area contributed by atoms with Gasteiger partial charge in [0.05, 0.1) is 5.69 Å². The molecule has 0 aromatic carbocycles. The molecule has 0 radical (unpaired) electrons. The fourth-order valence-electron chi connectivity index (χ4n) is 1.67. The number of aromatic nitrogens is 1. The first-order valence-electron chi connectivity index (χ1n) is 5.28. The Labute approximate surface area is 85.4 Å². The van der Waals surface area contributed by atoms with Crippen LogP contribution in [0.5, 0.6) is 0 Å². The van der Waals surface area contributed by atoms with Crippen LogP contribution in [0.25, 0.3) is 0 Å². The van der Waals surface area contributed by atoms with Gasteiger partial charge >= 0.3 is 0 Å². The summed E-state index contributed by atoms with van der Waals surface area (Å²) < 4.78 is 4.43. The average molecular weight is 197 g/mol. The standard InChI is InChI=1S/C11H19NS/c1-3-5-7-10(6-4-2)11-8-9-13-12-11/h8-10H,3-7H2,1-2H3. The smallest absolute Gasteiger partial charge is 0.0573 e. The molecule has 1 heterocycles. The van der Waals surface area contributed by atoms with Crippen molar-refractivity contribution in [3.05, 3.63) is 17.1 Å². The molecule has 1 aromatic heterocycles. The zero-order chi connectivity index (χ0) is 9.52. The number of hydrogen-bond donors (Lipinski definition) is 0. The van der Waals surface area contributed by atoms with Crippen LogP contribution < -0.4 is 0 Å². The fourth-order valence-corrected chi connectivity index (χ4v) is 2.26. The summed E-state index contributed by atoms with van der Waals surface area (Å²) >= 11 is 1.58. The van der Waals surface area contributed by atoms with Gasteiger partial charge in [-0.25, -0.2) is 0 Å². The molecule has 0 amide bonds. The molecule has 0 spiro atoms. The fraction of sp³-hybridized carbons (Fsp3) is 0.727. The van der Waals surface area contributed by atoms with E-state index < -0.39 is 0 Å². The van der Waals surface area contributed by atoms with Gasteiger partial charge in [0, 0.05) is 11.3 Å². The summed E-state index contributed by atoms with van der Waals surface area (Å²) in [6.45, 7) is 4.51. The van der Waals surface area contributed by atoms with Gasteiger partial charge in [0.1, 0.15) is 0 Å². The molecule has 1 nitrogen and oxygen atoms in total. The number of rotatable bonds is 6. The van der Waals surface area contributed by atoms with Gasteiger partial charge in [-0.1, -0.05) is 33.1 Å². The van der Waals surface area contributed by atoms with E-state index in [1.807, 2.05) is 0 Å². The largest absolute Gasteiger partial charge is 0.197 e. The van der Waals surface area contributed by atoms with E-state index in [0.29, 0.717) is 0 Å². The minimum absolute atomic E-state index is 0.719. The first-order chi connectivity index (χ1) is 6.38. The first-order valence-corrected chi connectivity index (χ1v) is 6.12. The first kappa shape index (κ1) is 10.7. The molecule has 0 N–H and O–H groups in total. The molecular weight excluding hydrogens is 178 g/mol. The highest BCUT2D eigenvalue weighted by Gasteiger charge is 2.11. The van der Waals surface area contributed by atoms with E-state index in [0.717, 1.165) is 5.92 Å². The van der Waals surface area contributed by atoms with Crippen molar-refractivity contribution < 1.29 is 0 Å². The molecule has 0 saturated carbocycles. The molecule has 0 saturated heterocycles. The lowest BCUT2D eigenvalue weighted by Crippen LogP contribution is -1.98. The number of unbranched alkanes of at least 4 members (excludes halogenated alkanes) is 1. The molecule has 1 unspecified atom stereocenters. The van der Waals surface area contributed by atoms with E-state index in [1.54, 1.807) is 11.5 Å². The van der Waals surface area contributed by atoms with Crippen molar-refractivity contribution in [2.75, 3.05) is 0 Å². The summed E-state index contributed by atoms with van der Waals surface area (Å²) in [4.78, 5) is 0.